The molecule has 0 saturated heterocycles. The molecule has 0 aromatic carbocycles. The van der Waals surface area contributed by atoms with E-state index in [4.69, 9.17) is 4.42 Å². The molecule has 1 N–H and O–H groups in total. The number of nitrogens with zero attached hydrogens (tertiary/aromatic N) is 2. The van der Waals surface area contributed by atoms with Gasteiger partial charge in [0, 0.05) is 25.2 Å². The number of nitrogens with one attached hydrogen (secondary N) is 1. The fraction of sp³-hybridized carbons (Fsp3) is 0.455. The Morgan fingerprint density at radius 1 is 1.47 bits per heavy atom. The highest BCUT2D eigenvalue weighted by molar-refractivity contribution is 5.66. The standard InChI is InChI=1S/C11H13N3O/c1-2-9-11(13-6-1)14-10(15-9)5-7-12-8-3-4-8/h1-2,6,8,12H,3-5,7H2. The van der Waals surface area contributed by atoms with Gasteiger partial charge in [-0.15, -0.1) is 0 Å². The van der Waals surface area contributed by atoms with E-state index in [0.717, 1.165) is 30.5 Å². The highest BCUT2D eigenvalue weighted by Gasteiger charge is 2.20. The molecule has 78 valence electrons. The van der Waals surface area contributed by atoms with Crippen molar-refractivity contribution in [1.29, 1.82) is 0 Å². The zero-order valence-corrected chi connectivity index (χ0v) is 8.44. The van der Waals surface area contributed by atoms with Gasteiger partial charge in [-0.1, -0.05) is 0 Å². The molecule has 0 spiro atoms. The van der Waals surface area contributed by atoms with Crippen molar-refractivity contribution in [3.8, 4) is 0 Å². The molecule has 0 unspecified atom stereocenters. The topological polar surface area (TPSA) is 51.0 Å². The van der Waals surface area contributed by atoms with Crippen LogP contribution in [-0.4, -0.2) is 22.6 Å². The lowest BCUT2D eigenvalue weighted by Crippen LogP contribution is -2.19. The molecule has 4 heteroatoms. The van der Waals surface area contributed by atoms with Crippen LogP contribution in [0, 0.1) is 0 Å². The molecular weight excluding hydrogens is 190 g/mol. The molecule has 1 aliphatic carbocycles. The van der Waals surface area contributed by atoms with E-state index in [1.165, 1.54) is 12.8 Å². The molecule has 0 aliphatic heterocycles. The highest BCUT2D eigenvalue weighted by Crippen LogP contribution is 2.18. The summed E-state index contributed by atoms with van der Waals surface area (Å²) < 4.78 is 5.56. The lowest BCUT2D eigenvalue weighted by Gasteiger charge is -1.97. The molecular formula is C11H13N3O. The Morgan fingerprint density at radius 2 is 2.40 bits per heavy atom. The van der Waals surface area contributed by atoms with E-state index in [9.17, 15) is 0 Å². The first-order chi connectivity index (χ1) is 7.42. The summed E-state index contributed by atoms with van der Waals surface area (Å²) in [7, 11) is 0. The monoisotopic (exact) mass is 203 g/mol. The van der Waals surface area contributed by atoms with Crippen LogP contribution in [-0.2, 0) is 6.42 Å². The number of rotatable bonds is 4. The minimum absolute atomic E-state index is 0.707. The zero-order valence-electron chi connectivity index (χ0n) is 8.44. The van der Waals surface area contributed by atoms with Crippen molar-refractivity contribution in [3.63, 3.8) is 0 Å². The molecule has 0 amide bonds. The van der Waals surface area contributed by atoms with Gasteiger partial charge in [-0.25, -0.2) is 4.98 Å². The molecule has 3 rings (SSSR count). The quantitative estimate of drug-likeness (QED) is 0.818. The second-order valence-electron chi connectivity index (χ2n) is 3.91. The van der Waals surface area contributed by atoms with Crippen molar-refractivity contribution in [3.05, 3.63) is 24.2 Å². The van der Waals surface area contributed by atoms with Crippen molar-refractivity contribution in [2.45, 2.75) is 25.3 Å². The van der Waals surface area contributed by atoms with Crippen LogP contribution < -0.4 is 5.32 Å². The smallest absolute Gasteiger partial charge is 0.198 e. The highest BCUT2D eigenvalue weighted by atomic mass is 16.3. The fourth-order valence-electron chi connectivity index (χ4n) is 1.59. The van der Waals surface area contributed by atoms with Crippen LogP contribution in [0.4, 0.5) is 0 Å². The van der Waals surface area contributed by atoms with Gasteiger partial charge >= 0.3 is 0 Å². The molecule has 0 bridgehead atoms. The Balaban J connectivity index is 1.68. The third-order valence-corrected chi connectivity index (χ3v) is 2.56. The van der Waals surface area contributed by atoms with Crippen molar-refractivity contribution >= 4 is 11.2 Å². The van der Waals surface area contributed by atoms with Crippen LogP contribution in [0.15, 0.2) is 22.7 Å². The second kappa shape index (κ2) is 3.62. The predicted octanol–water partition coefficient (Wildman–Crippen LogP) is 1.52. The number of hydrogen-bond donors (Lipinski definition) is 1. The van der Waals surface area contributed by atoms with Crippen LogP contribution in [0.2, 0.25) is 0 Å². The summed E-state index contributed by atoms with van der Waals surface area (Å²) in [6.45, 7) is 0.942. The van der Waals surface area contributed by atoms with Gasteiger partial charge in [0.25, 0.3) is 0 Å². The van der Waals surface area contributed by atoms with Crippen LogP contribution in [0.25, 0.3) is 11.2 Å². The van der Waals surface area contributed by atoms with E-state index in [2.05, 4.69) is 15.3 Å². The van der Waals surface area contributed by atoms with Gasteiger partial charge in [0.2, 0.25) is 0 Å². The average Bonchev–Trinajstić information content (AvgIpc) is 2.97. The molecule has 2 aromatic heterocycles. The summed E-state index contributed by atoms with van der Waals surface area (Å²) >= 11 is 0. The van der Waals surface area contributed by atoms with Crippen LogP contribution in [0.5, 0.6) is 0 Å². The number of hydrogen-bond acceptors (Lipinski definition) is 4. The Labute approximate surface area is 87.7 Å². The van der Waals surface area contributed by atoms with Gasteiger partial charge in [0.15, 0.2) is 17.1 Å². The molecule has 0 atom stereocenters. The van der Waals surface area contributed by atoms with E-state index in [0.29, 0.717) is 5.65 Å². The Bertz CT molecular complexity index is 429. The summed E-state index contributed by atoms with van der Waals surface area (Å²) in [5.74, 6) is 0.775. The van der Waals surface area contributed by atoms with E-state index in [-0.39, 0.29) is 0 Å². The fourth-order valence-corrected chi connectivity index (χ4v) is 1.59. The first kappa shape index (κ1) is 8.85. The maximum Gasteiger partial charge on any atom is 0.198 e. The van der Waals surface area contributed by atoms with Gasteiger partial charge < -0.3 is 9.73 Å². The number of oxazole rings is 1. The van der Waals surface area contributed by atoms with Crippen molar-refractivity contribution < 1.29 is 4.42 Å². The molecule has 2 aromatic rings. The summed E-state index contributed by atoms with van der Waals surface area (Å²) in [6, 6.07) is 4.50. The third-order valence-electron chi connectivity index (χ3n) is 2.56. The minimum atomic E-state index is 0.707. The Kier molecular flexibility index (Phi) is 2.14. The molecule has 4 nitrogen and oxygen atoms in total. The van der Waals surface area contributed by atoms with Crippen LogP contribution in [0.3, 0.4) is 0 Å². The SMILES string of the molecule is c1cnc2nc(CCNC3CC3)oc2c1. The summed E-state index contributed by atoms with van der Waals surface area (Å²) in [4.78, 5) is 8.44. The lowest BCUT2D eigenvalue weighted by atomic mass is 10.4. The van der Waals surface area contributed by atoms with Crippen LogP contribution >= 0.6 is 0 Å². The molecule has 15 heavy (non-hydrogen) atoms. The average molecular weight is 203 g/mol. The lowest BCUT2D eigenvalue weighted by molar-refractivity contribution is 0.514. The molecule has 1 aliphatic rings. The summed E-state index contributed by atoms with van der Waals surface area (Å²) in [5, 5.41) is 3.43. The number of pyridine rings is 1. The Morgan fingerprint density at radius 3 is 3.20 bits per heavy atom. The number of fused-ring (bicyclic) bond motifs is 1. The minimum Gasteiger partial charge on any atom is -0.439 e. The predicted molar refractivity (Wildman–Crippen MR) is 56.5 cm³/mol. The second-order valence-corrected chi connectivity index (χ2v) is 3.91. The molecule has 2 heterocycles. The molecule has 1 saturated carbocycles. The van der Waals surface area contributed by atoms with Gasteiger partial charge in [-0.2, -0.15) is 4.98 Å². The van der Waals surface area contributed by atoms with Crippen LogP contribution in [0.1, 0.15) is 18.7 Å². The van der Waals surface area contributed by atoms with E-state index in [1.807, 2.05) is 12.1 Å². The molecule has 1 fully saturated rings. The van der Waals surface area contributed by atoms with Gasteiger partial charge in [-0.05, 0) is 25.0 Å². The van der Waals surface area contributed by atoms with Crippen molar-refractivity contribution in [2.24, 2.45) is 0 Å². The van der Waals surface area contributed by atoms with Crippen molar-refractivity contribution in [1.82, 2.24) is 15.3 Å². The zero-order chi connectivity index (χ0) is 10.1. The normalized spacial score (nSPS) is 16.0. The summed E-state index contributed by atoms with van der Waals surface area (Å²) in [6.07, 6.45) is 5.20. The third kappa shape index (κ3) is 1.99. The first-order valence-electron chi connectivity index (χ1n) is 5.35. The van der Waals surface area contributed by atoms with E-state index in [1.54, 1.807) is 6.20 Å². The summed E-state index contributed by atoms with van der Waals surface area (Å²) in [5.41, 5.74) is 1.48. The number of aromatic nitrogens is 2. The van der Waals surface area contributed by atoms with Gasteiger partial charge in [0.1, 0.15) is 0 Å². The van der Waals surface area contributed by atoms with Crippen molar-refractivity contribution in [2.75, 3.05) is 6.54 Å². The maximum absolute atomic E-state index is 5.56. The van der Waals surface area contributed by atoms with E-state index >= 15 is 0 Å². The largest absolute Gasteiger partial charge is 0.439 e. The Hall–Kier alpha value is -1.42. The van der Waals surface area contributed by atoms with Gasteiger partial charge in [-0.3, -0.25) is 0 Å². The van der Waals surface area contributed by atoms with Gasteiger partial charge in [0.05, 0.1) is 0 Å². The maximum atomic E-state index is 5.56. The van der Waals surface area contributed by atoms with E-state index < -0.39 is 0 Å². The first-order valence-corrected chi connectivity index (χ1v) is 5.35. The molecule has 0 radical (unpaired) electrons.